The van der Waals surface area contributed by atoms with Crippen molar-refractivity contribution in [1.82, 2.24) is 24.9 Å². The molecule has 2 amide bonds. The van der Waals surface area contributed by atoms with Gasteiger partial charge in [-0.15, -0.1) is 0 Å². The lowest BCUT2D eigenvalue weighted by atomic mass is 10.2. The number of carbonyl (C=O) groups excluding carboxylic acids is 2. The molecule has 0 saturated carbocycles. The van der Waals surface area contributed by atoms with Gasteiger partial charge in [0.2, 0.25) is 5.95 Å². The third-order valence-corrected chi connectivity index (χ3v) is 3.99. The molecule has 0 radical (unpaired) electrons. The normalized spacial score (nSPS) is 10.7. The average Bonchev–Trinajstić information content (AvgIpc) is 3.29. The Morgan fingerprint density at radius 1 is 1.07 bits per heavy atom. The van der Waals surface area contributed by atoms with Crippen molar-refractivity contribution in [2.75, 3.05) is 10.6 Å². The summed E-state index contributed by atoms with van der Waals surface area (Å²) in [6.07, 6.45) is 4.46. The van der Waals surface area contributed by atoms with E-state index in [0.29, 0.717) is 5.69 Å². The summed E-state index contributed by atoms with van der Waals surface area (Å²) in [5.74, 6) is -0.757. The molecular formula is C18H15N7O2. The van der Waals surface area contributed by atoms with Crippen LogP contribution in [0, 0.1) is 6.92 Å². The van der Waals surface area contributed by atoms with Crippen LogP contribution in [-0.2, 0) is 0 Å². The molecule has 0 bridgehead atoms. The molecule has 0 aliphatic rings. The second-order valence-electron chi connectivity index (χ2n) is 5.83. The highest BCUT2D eigenvalue weighted by Gasteiger charge is 2.21. The minimum atomic E-state index is -0.528. The zero-order valence-corrected chi connectivity index (χ0v) is 14.3. The van der Waals surface area contributed by atoms with Crippen LogP contribution in [0.5, 0.6) is 0 Å². The Balaban J connectivity index is 1.54. The summed E-state index contributed by atoms with van der Waals surface area (Å²) >= 11 is 0. The number of aromatic nitrogens is 5. The summed E-state index contributed by atoms with van der Waals surface area (Å²) in [5, 5.41) is 5.34. The number of carbonyl (C=O) groups is 2. The smallest absolute Gasteiger partial charge is 0.276 e. The molecule has 0 aliphatic heterocycles. The van der Waals surface area contributed by atoms with Gasteiger partial charge >= 0.3 is 0 Å². The number of imidazole rings is 2. The van der Waals surface area contributed by atoms with E-state index in [1.807, 2.05) is 31.2 Å². The molecule has 0 unspecified atom stereocenters. The number of H-pyrrole nitrogens is 2. The van der Waals surface area contributed by atoms with Crippen molar-refractivity contribution in [2.45, 2.75) is 6.92 Å². The Bertz CT molecular complexity index is 1110. The number of aryl methyl sites for hydroxylation is 1. The number of rotatable bonds is 4. The van der Waals surface area contributed by atoms with E-state index in [1.165, 1.54) is 12.5 Å². The minimum absolute atomic E-state index is 0.0214. The van der Waals surface area contributed by atoms with Crippen molar-refractivity contribution in [2.24, 2.45) is 0 Å². The van der Waals surface area contributed by atoms with Gasteiger partial charge in [0.25, 0.3) is 11.8 Å². The monoisotopic (exact) mass is 361 g/mol. The Labute approximate surface area is 153 Å². The van der Waals surface area contributed by atoms with E-state index in [1.54, 1.807) is 12.3 Å². The lowest BCUT2D eigenvalue weighted by molar-refractivity contribution is 0.0985. The molecule has 3 aromatic heterocycles. The molecule has 9 heteroatoms. The number of nitrogens with one attached hydrogen (secondary N) is 4. The zero-order chi connectivity index (χ0) is 18.8. The fraction of sp³-hybridized carbons (Fsp3) is 0.0556. The number of aromatic amines is 2. The van der Waals surface area contributed by atoms with Crippen molar-refractivity contribution in [3.8, 4) is 0 Å². The zero-order valence-electron chi connectivity index (χ0n) is 14.3. The Hall–Kier alpha value is -4.01. The molecule has 0 fully saturated rings. The number of hydrogen-bond acceptors (Lipinski definition) is 5. The van der Waals surface area contributed by atoms with Crippen molar-refractivity contribution in [3.63, 3.8) is 0 Å². The van der Waals surface area contributed by atoms with E-state index in [4.69, 9.17) is 0 Å². The van der Waals surface area contributed by atoms with E-state index in [0.717, 1.165) is 16.6 Å². The Morgan fingerprint density at radius 3 is 2.74 bits per heavy atom. The standard InChI is InChI=1S/C18H15N7O2/c1-10-6-7-19-8-13(10)22-16(26)14-15(21-9-20-14)17(27)25-18-23-11-4-2-3-5-12(11)24-18/h2-9H,1H3,(H,20,21)(H,22,26)(H2,23,24,25,27). The number of pyridine rings is 1. The first-order valence-corrected chi connectivity index (χ1v) is 8.13. The topological polar surface area (TPSA) is 128 Å². The molecular weight excluding hydrogens is 346 g/mol. The van der Waals surface area contributed by atoms with Gasteiger partial charge in [0.05, 0.1) is 29.2 Å². The average molecular weight is 361 g/mol. The summed E-state index contributed by atoms with van der Waals surface area (Å²) in [7, 11) is 0. The largest absolute Gasteiger partial charge is 0.340 e. The Kier molecular flexibility index (Phi) is 4.09. The highest BCUT2D eigenvalue weighted by atomic mass is 16.2. The molecule has 9 nitrogen and oxygen atoms in total. The van der Waals surface area contributed by atoms with E-state index in [-0.39, 0.29) is 17.3 Å². The number of benzene rings is 1. The molecule has 0 atom stereocenters. The van der Waals surface area contributed by atoms with Crippen LogP contribution in [0.2, 0.25) is 0 Å². The fourth-order valence-corrected chi connectivity index (χ4v) is 2.60. The minimum Gasteiger partial charge on any atom is -0.340 e. The Morgan fingerprint density at radius 2 is 1.93 bits per heavy atom. The van der Waals surface area contributed by atoms with E-state index >= 15 is 0 Å². The molecule has 134 valence electrons. The lowest BCUT2D eigenvalue weighted by Gasteiger charge is -2.07. The number of anilines is 2. The molecule has 27 heavy (non-hydrogen) atoms. The predicted molar refractivity (Wildman–Crippen MR) is 99.6 cm³/mol. The SMILES string of the molecule is Cc1ccncc1NC(=O)c1nc[nH]c1C(=O)Nc1nc2ccccc2[nH]1. The van der Waals surface area contributed by atoms with Gasteiger partial charge in [-0.1, -0.05) is 12.1 Å². The van der Waals surface area contributed by atoms with Crippen LogP contribution in [0.25, 0.3) is 11.0 Å². The number of amides is 2. The quantitative estimate of drug-likeness (QED) is 0.444. The van der Waals surface area contributed by atoms with Crippen molar-refractivity contribution < 1.29 is 9.59 Å². The van der Waals surface area contributed by atoms with E-state index < -0.39 is 11.8 Å². The van der Waals surface area contributed by atoms with Crippen molar-refractivity contribution in [3.05, 3.63) is 66.0 Å². The molecule has 1 aromatic carbocycles. The predicted octanol–water partition coefficient (Wildman–Crippen LogP) is 2.49. The first kappa shape index (κ1) is 16.5. The van der Waals surface area contributed by atoms with Gasteiger partial charge in [-0.25, -0.2) is 9.97 Å². The van der Waals surface area contributed by atoms with Crippen LogP contribution >= 0.6 is 0 Å². The second kappa shape index (κ2) is 6.71. The summed E-state index contributed by atoms with van der Waals surface area (Å²) in [6, 6.07) is 9.17. The van der Waals surface area contributed by atoms with Crippen LogP contribution in [0.4, 0.5) is 11.6 Å². The molecule has 0 aliphatic carbocycles. The van der Waals surface area contributed by atoms with Gasteiger partial charge in [0, 0.05) is 6.20 Å². The number of fused-ring (bicyclic) bond motifs is 1. The summed E-state index contributed by atoms with van der Waals surface area (Å²) in [4.78, 5) is 43.0. The first-order chi connectivity index (χ1) is 13.1. The number of para-hydroxylation sites is 2. The van der Waals surface area contributed by atoms with E-state index in [2.05, 4.69) is 35.6 Å². The number of nitrogens with zero attached hydrogens (tertiary/aromatic N) is 3. The summed E-state index contributed by atoms with van der Waals surface area (Å²) < 4.78 is 0. The van der Waals surface area contributed by atoms with Gasteiger partial charge in [-0.3, -0.25) is 19.9 Å². The fourth-order valence-electron chi connectivity index (χ4n) is 2.60. The van der Waals surface area contributed by atoms with Gasteiger partial charge in [0.15, 0.2) is 5.69 Å². The summed E-state index contributed by atoms with van der Waals surface area (Å²) in [6.45, 7) is 1.84. The van der Waals surface area contributed by atoms with Crippen LogP contribution in [-0.4, -0.2) is 36.7 Å². The van der Waals surface area contributed by atoms with Gasteiger partial charge < -0.3 is 15.3 Å². The van der Waals surface area contributed by atoms with Gasteiger partial charge in [0.1, 0.15) is 5.69 Å². The van der Waals surface area contributed by atoms with Crippen LogP contribution in [0.15, 0.2) is 49.1 Å². The maximum atomic E-state index is 12.6. The third-order valence-electron chi connectivity index (χ3n) is 3.99. The van der Waals surface area contributed by atoms with Crippen molar-refractivity contribution in [1.29, 1.82) is 0 Å². The van der Waals surface area contributed by atoms with Crippen LogP contribution in [0.3, 0.4) is 0 Å². The lowest BCUT2D eigenvalue weighted by Crippen LogP contribution is -2.21. The molecule has 0 saturated heterocycles. The van der Waals surface area contributed by atoms with Crippen LogP contribution < -0.4 is 10.6 Å². The van der Waals surface area contributed by atoms with Gasteiger partial charge in [-0.2, -0.15) is 0 Å². The third kappa shape index (κ3) is 3.25. The highest BCUT2D eigenvalue weighted by Crippen LogP contribution is 2.16. The second-order valence-corrected chi connectivity index (χ2v) is 5.83. The van der Waals surface area contributed by atoms with E-state index in [9.17, 15) is 9.59 Å². The van der Waals surface area contributed by atoms with Gasteiger partial charge in [-0.05, 0) is 30.7 Å². The maximum absolute atomic E-state index is 12.6. The van der Waals surface area contributed by atoms with Crippen molar-refractivity contribution >= 4 is 34.5 Å². The summed E-state index contributed by atoms with van der Waals surface area (Å²) in [5.41, 5.74) is 2.93. The molecule has 4 rings (SSSR count). The molecule has 4 aromatic rings. The molecule has 0 spiro atoms. The molecule has 3 heterocycles. The van der Waals surface area contributed by atoms with Crippen LogP contribution in [0.1, 0.15) is 26.5 Å². The maximum Gasteiger partial charge on any atom is 0.276 e. The first-order valence-electron chi connectivity index (χ1n) is 8.13. The molecule has 4 N–H and O–H groups in total. The highest BCUT2D eigenvalue weighted by molar-refractivity contribution is 6.13. The number of hydrogen-bond donors (Lipinski definition) is 4.